The highest BCUT2D eigenvalue weighted by molar-refractivity contribution is 5.52. The molecule has 4 rings (SSSR count). The van der Waals surface area contributed by atoms with E-state index >= 15 is 0 Å². The van der Waals surface area contributed by atoms with Crippen molar-refractivity contribution in [3.05, 3.63) is 59.7 Å². The molecule has 1 spiro atoms. The highest BCUT2D eigenvalue weighted by Gasteiger charge is 2.57. The van der Waals surface area contributed by atoms with Crippen LogP contribution >= 0.6 is 0 Å². The van der Waals surface area contributed by atoms with Crippen LogP contribution in [-0.4, -0.2) is 23.2 Å². The van der Waals surface area contributed by atoms with E-state index in [2.05, 4.69) is 9.88 Å². The van der Waals surface area contributed by atoms with Gasteiger partial charge in [-0.25, -0.2) is 4.39 Å². The third-order valence-electron chi connectivity index (χ3n) is 5.96. The lowest BCUT2D eigenvalue weighted by Crippen LogP contribution is -2.65. The molecule has 0 amide bonds. The minimum absolute atomic E-state index is 0.148. The standard InChI is InChI=1S/C20H23FN2O/c1-14-8-17(5-6-18(14)21)23-12-20(13-23)9-16(10-20)19(2,24)15-4-3-7-22-11-15/h3-8,11,16,24H,9-10,12-13H2,1-2H3. The number of rotatable bonds is 3. The Labute approximate surface area is 142 Å². The average Bonchev–Trinajstić information content (AvgIpc) is 2.48. The summed E-state index contributed by atoms with van der Waals surface area (Å²) in [5.41, 5.74) is 2.20. The summed E-state index contributed by atoms with van der Waals surface area (Å²) in [6, 6.07) is 9.15. The first-order chi connectivity index (χ1) is 11.4. The molecule has 2 heterocycles. The molecular weight excluding hydrogens is 303 g/mol. The molecule has 1 aromatic heterocycles. The topological polar surface area (TPSA) is 36.4 Å². The Balaban J connectivity index is 1.39. The highest BCUT2D eigenvalue weighted by Crippen LogP contribution is 2.57. The van der Waals surface area contributed by atoms with Crippen LogP contribution in [0.25, 0.3) is 0 Å². The van der Waals surface area contributed by atoms with Crippen molar-refractivity contribution in [3.8, 4) is 0 Å². The van der Waals surface area contributed by atoms with E-state index in [1.54, 1.807) is 25.4 Å². The SMILES string of the molecule is Cc1cc(N2CC3(CC(C(C)(O)c4cccnc4)C3)C2)ccc1F. The first-order valence-corrected chi connectivity index (χ1v) is 8.54. The summed E-state index contributed by atoms with van der Waals surface area (Å²) in [6.07, 6.45) is 5.56. The summed E-state index contributed by atoms with van der Waals surface area (Å²) in [4.78, 5) is 6.44. The molecule has 1 aliphatic carbocycles. The predicted molar refractivity (Wildman–Crippen MR) is 92.3 cm³/mol. The Bertz CT molecular complexity index is 745. The van der Waals surface area contributed by atoms with Crippen LogP contribution in [0.5, 0.6) is 0 Å². The maximum atomic E-state index is 13.4. The van der Waals surface area contributed by atoms with Crippen molar-refractivity contribution < 1.29 is 9.50 Å². The van der Waals surface area contributed by atoms with Crippen molar-refractivity contribution in [1.82, 2.24) is 4.98 Å². The molecule has 0 bridgehead atoms. The Morgan fingerprint density at radius 1 is 1.29 bits per heavy atom. The molecule has 2 fully saturated rings. The second-order valence-electron chi connectivity index (χ2n) is 7.78. The maximum absolute atomic E-state index is 13.4. The van der Waals surface area contributed by atoms with Crippen LogP contribution in [-0.2, 0) is 5.60 Å². The minimum Gasteiger partial charge on any atom is -0.385 e. The van der Waals surface area contributed by atoms with Gasteiger partial charge in [0.05, 0.1) is 5.60 Å². The molecule has 1 unspecified atom stereocenters. The van der Waals surface area contributed by atoms with Gasteiger partial charge >= 0.3 is 0 Å². The normalized spacial score (nSPS) is 21.9. The summed E-state index contributed by atoms with van der Waals surface area (Å²) >= 11 is 0. The van der Waals surface area contributed by atoms with Gasteiger partial charge in [-0.1, -0.05) is 6.07 Å². The fourth-order valence-electron chi connectivity index (χ4n) is 4.31. The van der Waals surface area contributed by atoms with Crippen LogP contribution in [0.15, 0.2) is 42.7 Å². The van der Waals surface area contributed by atoms with Gasteiger partial charge in [0.25, 0.3) is 0 Å². The van der Waals surface area contributed by atoms with Crippen LogP contribution in [0.3, 0.4) is 0 Å². The first-order valence-electron chi connectivity index (χ1n) is 8.54. The molecule has 0 radical (unpaired) electrons. The zero-order chi connectivity index (χ0) is 16.9. The van der Waals surface area contributed by atoms with E-state index in [9.17, 15) is 9.50 Å². The zero-order valence-electron chi connectivity index (χ0n) is 14.2. The van der Waals surface area contributed by atoms with Gasteiger partial charge in [0, 0.05) is 42.1 Å². The number of aryl methyl sites for hydroxylation is 1. The van der Waals surface area contributed by atoms with E-state index in [1.807, 2.05) is 31.2 Å². The Morgan fingerprint density at radius 2 is 2.04 bits per heavy atom. The number of aromatic nitrogens is 1. The van der Waals surface area contributed by atoms with Gasteiger partial charge < -0.3 is 10.0 Å². The molecular formula is C20H23FN2O. The molecule has 126 valence electrons. The summed E-state index contributed by atoms with van der Waals surface area (Å²) in [5.74, 6) is 0.129. The van der Waals surface area contributed by atoms with Gasteiger partial charge in [-0.3, -0.25) is 4.98 Å². The molecule has 1 aromatic carbocycles. The van der Waals surface area contributed by atoms with Gasteiger partial charge in [-0.2, -0.15) is 0 Å². The molecule has 3 nitrogen and oxygen atoms in total. The van der Waals surface area contributed by atoms with Gasteiger partial charge in [0.2, 0.25) is 0 Å². The summed E-state index contributed by atoms with van der Waals surface area (Å²) < 4.78 is 13.4. The van der Waals surface area contributed by atoms with E-state index in [0.29, 0.717) is 11.0 Å². The molecule has 1 aliphatic heterocycles. The van der Waals surface area contributed by atoms with E-state index in [-0.39, 0.29) is 11.7 Å². The summed E-state index contributed by atoms with van der Waals surface area (Å²) in [5, 5.41) is 10.9. The first kappa shape index (κ1) is 15.6. The summed E-state index contributed by atoms with van der Waals surface area (Å²) in [7, 11) is 0. The number of anilines is 1. The number of halogens is 1. The fraction of sp³-hybridized carbons (Fsp3) is 0.450. The fourth-order valence-corrected chi connectivity index (χ4v) is 4.31. The molecule has 1 saturated heterocycles. The molecule has 2 aliphatic rings. The van der Waals surface area contributed by atoms with Gasteiger partial charge in [0.15, 0.2) is 0 Å². The van der Waals surface area contributed by atoms with Crippen LogP contribution < -0.4 is 4.90 Å². The third-order valence-corrected chi connectivity index (χ3v) is 5.96. The molecule has 4 heteroatoms. The van der Waals surface area contributed by atoms with Crippen molar-refractivity contribution in [1.29, 1.82) is 0 Å². The lowest BCUT2D eigenvalue weighted by Gasteiger charge is -2.62. The number of pyridine rings is 1. The Morgan fingerprint density at radius 3 is 2.67 bits per heavy atom. The second-order valence-corrected chi connectivity index (χ2v) is 7.78. The van der Waals surface area contributed by atoms with Gasteiger partial charge in [0.1, 0.15) is 5.82 Å². The number of nitrogens with zero attached hydrogens (tertiary/aromatic N) is 2. The predicted octanol–water partition coefficient (Wildman–Crippen LogP) is 3.65. The maximum Gasteiger partial charge on any atom is 0.126 e. The van der Waals surface area contributed by atoms with Crippen LogP contribution in [0, 0.1) is 24.1 Å². The van der Waals surface area contributed by atoms with Gasteiger partial charge in [-0.15, -0.1) is 0 Å². The van der Waals surface area contributed by atoms with Gasteiger partial charge in [-0.05, 0) is 62.4 Å². The van der Waals surface area contributed by atoms with Crippen LogP contribution in [0.1, 0.15) is 30.9 Å². The van der Waals surface area contributed by atoms with Crippen LogP contribution in [0.2, 0.25) is 0 Å². The molecule has 24 heavy (non-hydrogen) atoms. The highest BCUT2D eigenvalue weighted by atomic mass is 19.1. The van der Waals surface area contributed by atoms with E-state index in [0.717, 1.165) is 37.2 Å². The second kappa shape index (κ2) is 5.28. The van der Waals surface area contributed by atoms with Crippen molar-refractivity contribution in [3.63, 3.8) is 0 Å². The molecule has 1 saturated carbocycles. The Hall–Kier alpha value is -1.94. The number of benzene rings is 1. The summed E-state index contributed by atoms with van der Waals surface area (Å²) in [6.45, 7) is 5.70. The number of hydrogen-bond donors (Lipinski definition) is 1. The third kappa shape index (κ3) is 2.40. The number of hydrogen-bond acceptors (Lipinski definition) is 3. The molecule has 1 atom stereocenters. The quantitative estimate of drug-likeness (QED) is 0.935. The van der Waals surface area contributed by atoms with E-state index in [1.165, 1.54) is 0 Å². The smallest absolute Gasteiger partial charge is 0.126 e. The van der Waals surface area contributed by atoms with Crippen molar-refractivity contribution in [2.24, 2.45) is 11.3 Å². The monoisotopic (exact) mass is 326 g/mol. The van der Waals surface area contributed by atoms with Crippen molar-refractivity contribution >= 4 is 5.69 Å². The van der Waals surface area contributed by atoms with Crippen LogP contribution in [0.4, 0.5) is 10.1 Å². The Kier molecular flexibility index (Phi) is 3.43. The van der Waals surface area contributed by atoms with E-state index in [4.69, 9.17) is 0 Å². The lowest BCUT2D eigenvalue weighted by molar-refractivity contribution is -0.111. The molecule has 2 aromatic rings. The largest absolute Gasteiger partial charge is 0.385 e. The average molecular weight is 326 g/mol. The zero-order valence-corrected chi connectivity index (χ0v) is 14.2. The van der Waals surface area contributed by atoms with Crippen molar-refractivity contribution in [2.45, 2.75) is 32.3 Å². The van der Waals surface area contributed by atoms with Crippen molar-refractivity contribution in [2.75, 3.05) is 18.0 Å². The van der Waals surface area contributed by atoms with E-state index < -0.39 is 5.60 Å². The number of aliphatic hydroxyl groups is 1. The minimum atomic E-state index is -0.813. The lowest BCUT2D eigenvalue weighted by atomic mass is 9.53. The molecule has 1 N–H and O–H groups in total.